The van der Waals surface area contributed by atoms with E-state index in [-0.39, 0.29) is 10.0 Å². The van der Waals surface area contributed by atoms with Crippen molar-refractivity contribution in [1.82, 2.24) is 15.5 Å². The van der Waals surface area contributed by atoms with Crippen LogP contribution >= 0.6 is 22.7 Å². The smallest absolute Gasteiger partial charge is 0.264 e. The molecule has 0 atom stereocenters. The van der Waals surface area contributed by atoms with Gasteiger partial charge < -0.3 is 5.32 Å². The second kappa shape index (κ2) is 5.95. The Bertz CT molecular complexity index is 647. The zero-order valence-corrected chi connectivity index (χ0v) is 13.0. The first-order valence-corrected chi connectivity index (χ1v) is 8.80. The van der Waals surface area contributed by atoms with Crippen LogP contribution in [0.25, 0.3) is 0 Å². The molecule has 2 aromatic heterocycles. The van der Waals surface area contributed by atoms with Crippen LogP contribution in [0.2, 0.25) is 0 Å². The lowest BCUT2D eigenvalue weighted by atomic mass is 10.4. The first-order valence-electron chi connectivity index (χ1n) is 5.62. The van der Waals surface area contributed by atoms with Gasteiger partial charge in [0.15, 0.2) is 0 Å². The summed E-state index contributed by atoms with van der Waals surface area (Å²) < 4.78 is 26.7. The SMILES string of the molecule is CCNCc1cc(S(=O)(=O)Nc2nnc(C)s2)cs1. The molecular weight excluding hydrogens is 304 g/mol. The number of anilines is 1. The van der Waals surface area contributed by atoms with E-state index in [0.29, 0.717) is 6.54 Å². The molecule has 0 aliphatic heterocycles. The lowest BCUT2D eigenvalue weighted by Gasteiger charge is -2.01. The highest BCUT2D eigenvalue weighted by Gasteiger charge is 2.18. The summed E-state index contributed by atoms with van der Waals surface area (Å²) in [5, 5.41) is 13.3. The molecule has 2 aromatic rings. The predicted octanol–water partition coefficient (Wildman–Crippen LogP) is 1.82. The molecule has 0 fully saturated rings. The molecule has 0 aliphatic rings. The Morgan fingerprint density at radius 3 is 2.79 bits per heavy atom. The quantitative estimate of drug-likeness (QED) is 0.849. The first-order chi connectivity index (χ1) is 9.01. The van der Waals surface area contributed by atoms with Crippen molar-refractivity contribution in [2.75, 3.05) is 11.3 Å². The minimum atomic E-state index is -3.56. The van der Waals surface area contributed by atoms with Gasteiger partial charge in [-0.15, -0.1) is 21.5 Å². The number of sulfonamides is 1. The summed E-state index contributed by atoms with van der Waals surface area (Å²) in [6.45, 7) is 5.30. The molecule has 2 N–H and O–H groups in total. The summed E-state index contributed by atoms with van der Waals surface area (Å²) in [7, 11) is -3.56. The van der Waals surface area contributed by atoms with E-state index in [0.717, 1.165) is 16.4 Å². The minimum Gasteiger partial charge on any atom is -0.312 e. The zero-order chi connectivity index (χ0) is 13.9. The van der Waals surface area contributed by atoms with Crippen LogP contribution in [0, 0.1) is 6.92 Å². The maximum atomic E-state index is 12.1. The average Bonchev–Trinajstić information content (AvgIpc) is 2.95. The predicted molar refractivity (Wildman–Crippen MR) is 77.2 cm³/mol. The molecule has 2 rings (SSSR count). The fourth-order valence-corrected chi connectivity index (χ4v) is 4.42. The van der Waals surface area contributed by atoms with E-state index in [4.69, 9.17) is 0 Å². The zero-order valence-electron chi connectivity index (χ0n) is 10.5. The van der Waals surface area contributed by atoms with Gasteiger partial charge in [0.05, 0.1) is 4.90 Å². The normalized spacial score (nSPS) is 11.7. The van der Waals surface area contributed by atoms with Gasteiger partial charge in [-0.3, -0.25) is 4.72 Å². The Kier molecular flexibility index (Phi) is 4.50. The molecule has 0 saturated heterocycles. The highest BCUT2D eigenvalue weighted by molar-refractivity contribution is 7.93. The highest BCUT2D eigenvalue weighted by atomic mass is 32.2. The van der Waals surface area contributed by atoms with Crippen molar-refractivity contribution in [3.63, 3.8) is 0 Å². The molecule has 0 amide bonds. The summed E-state index contributed by atoms with van der Waals surface area (Å²) in [4.78, 5) is 1.24. The van der Waals surface area contributed by atoms with Crippen molar-refractivity contribution in [3.05, 3.63) is 21.3 Å². The van der Waals surface area contributed by atoms with Crippen molar-refractivity contribution >= 4 is 37.8 Å². The van der Waals surface area contributed by atoms with Crippen LogP contribution in [0.3, 0.4) is 0 Å². The number of thiophene rings is 1. The second-order valence-electron chi connectivity index (χ2n) is 3.76. The third-order valence-corrected chi connectivity index (χ3v) is 5.52. The highest BCUT2D eigenvalue weighted by Crippen LogP contribution is 2.23. The number of nitrogens with zero attached hydrogens (tertiary/aromatic N) is 2. The average molecular weight is 318 g/mol. The van der Waals surface area contributed by atoms with Crippen molar-refractivity contribution in [2.45, 2.75) is 25.3 Å². The fraction of sp³-hybridized carbons (Fsp3) is 0.400. The van der Waals surface area contributed by atoms with Gasteiger partial charge in [-0.1, -0.05) is 18.3 Å². The number of hydrogen-bond donors (Lipinski definition) is 2. The van der Waals surface area contributed by atoms with E-state index in [1.807, 2.05) is 6.92 Å². The third kappa shape index (κ3) is 3.72. The summed E-state index contributed by atoms with van der Waals surface area (Å²) in [6.07, 6.45) is 0. The van der Waals surface area contributed by atoms with Crippen molar-refractivity contribution in [1.29, 1.82) is 0 Å². The van der Waals surface area contributed by atoms with E-state index in [9.17, 15) is 8.42 Å². The van der Waals surface area contributed by atoms with Crippen LogP contribution in [0.4, 0.5) is 5.13 Å². The molecule has 0 aromatic carbocycles. The molecule has 9 heteroatoms. The Labute approximate surface area is 119 Å². The van der Waals surface area contributed by atoms with Crippen LogP contribution in [0.1, 0.15) is 16.8 Å². The summed E-state index contributed by atoms with van der Waals surface area (Å²) >= 11 is 2.63. The van der Waals surface area contributed by atoms with Crippen LogP contribution in [-0.4, -0.2) is 25.2 Å². The number of aryl methyl sites for hydroxylation is 1. The fourth-order valence-electron chi connectivity index (χ4n) is 1.35. The Hall–Kier alpha value is -1.03. The summed E-state index contributed by atoms with van der Waals surface area (Å²) in [6, 6.07) is 1.67. The standard InChI is InChI=1S/C10H14N4O2S3/c1-3-11-5-8-4-9(6-17-8)19(15,16)14-10-13-12-7(2)18-10/h4,6,11H,3,5H2,1-2H3,(H,13,14). The summed E-state index contributed by atoms with van der Waals surface area (Å²) in [5.41, 5.74) is 0. The van der Waals surface area contributed by atoms with Crippen LogP contribution in [0.15, 0.2) is 16.3 Å². The van der Waals surface area contributed by atoms with E-state index in [2.05, 4.69) is 20.2 Å². The molecule has 0 aliphatic carbocycles. The molecule has 6 nitrogen and oxygen atoms in total. The van der Waals surface area contributed by atoms with Gasteiger partial charge in [-0.05, 0) is 19.5 Å². The molecular formula is C10H14N4O2S3. The van der Waals surface area contributed by atoms with Gasteiger partial charge in [-0.25, -0.2) is 8.42 Å². The maximum absolute atomic E-state index is 12.1. The van der Waals surface area contributed by atoms with Crippen LogP contribution in [-0.2, 0) is 16.6 Å². The molecule has 19 heavy (non-hydrogen) atoms. The number of nitrogens with one attached hydrogen (secondary N) is 2. The van der Waals surface area contributed by atoms with Gasteiger partial charge in [-0.2, -0.15) is 0 Å². The topological polar surface area (TPSA) is 84.0 Å². The van der Waals surface area contributed by atoms with Crippen LogP contribution in [0.5, 0.6) is 0 Å². The van der Waals surface area contributed by atoms with Gasteiger partial charge >= 0.3 is 0 Å². The maximum Gasteiger partial charge on any atom is 0.264 e. The Morgan fingerprint density at radius 2 is 2.16 bits per heavy atom. The van der Waals surface area contributed by atoms with Crippen molar-refractivity contribution < 1.29 is 8.42 Å². The lowest BCUT2D eigenvalue weighted by molar-refractivity contribution is 0.601. The van der Waals surface area contributed by atoms with Crippen molar-refractivity contribution in [3.8, 4) is 0 Å². The Balaban J connectivity index is 2.13. The molecule has 2 heterocycles. The number of hydrogen-bond acceptors (Lipinski definition) is 7. The molecule has 0 bridgehead atoms. The van der Waals surface area contributed by atoms with E-state index < -0.39 is 10.0 Å². The van der Waals surface area contributed by atoms with Gasteiger partial charge in [0.25, 0.3) is 10.0 Å². The van der Waals surface area contributed by atoms with Gasteiger partial charge in [0, 0.05) is 16.8 Å². The molecule has 0 saturated carbocycles. The van der Waals surface area contributed by atoms with E-state index in [1.54, 1.807) is 18.4 Å². The van der Waals surface area contributed by atoms with Crippen LogP contribution < -0.4 is 10.0 Å². The minimum absolute atomic E-state index is 0.262. The molecule has 104 valence electrons. The second-order valence-corrected chi connectivity index (χ2v) is 7.62. The van der Waals surface area contributed by atoms with Gasteiger partial charge in [0.2, 0.25) is 5.13 Å². The van der Waals surface area contributed by atoms with E-state index in [1.165, 1.54) is 22.7 Å². The van der Waals surface area contributed by atoms with Gasteiger partial charge in [0.1, 0.15) is 5.01 Å². The number of rotatable bonds is 6. The molecule has 0 radical (unpaired) electrons. The molecule has 0 unspecified atom stereocenters. The monoisotopic (exact) mass is 318 g/mol. The largest absolute Gasteiger partial charge is 0.312 e. The van der Waals surface area contributed by atoms with Crippen molar-refractivity contribution in [2.24, 2.45) is 0 Å². The first kappa shape index (κ1) is 14.4. The summed E-state index contributed by atoms with van der Waals surface area (Å²) in [5.74, 6) is 0. The number of aromatic nitrogens is 2. The molecule has 0 spiro atoms. The third-order valence-electron chi connectivity index (χ3n) is 2.24. The lowest BCUT2D eigenvalue weighted by Crippen LogP contribution is -2.12. The van der Waals surface area contributed by atoms with E-state index >= 15 is 0 Å². The Morgan fingerprint density at radius 1 is 1.37 bits per heavy atom.